The number of esters is 1. The van der Waals surface area contributed by atoms with Crippen molar-refractivity contribution in [3.05, 3.63) is 45.3 Å². The van der Waals surface area contributed by atoms with Gasteiger partial charge in [0.15, 0.2) is 6.10 Å². The number of nitro groups is 1. The highest BCUT2D eigenvalue weighted by molar-refractivity contribution is 5.99. The van der Waals surface area contributed by atoms with Crippen molar-refractivity contribution in [3.8, 4) is 5.75 Å². The maximum atomic E-state index is 12.2. The van der Waals surface area contributed by atoms with Gasteiger partial charge in [0, 0.05) is 0 Å². The Morgan fingerprint density at radius 1 is 1.35 bits per heavy atom. The van der Waals surface area contributed by atoms with Crippen molar-refractivity contribution in [2.45, 2.75) is 26.9 Å². The second kappa shape index (κ2) is 7.64. The van der Waals surface area contributed by atoms with Crippen molar-refractivity contribution < 1.29 is 28.5 Å². The summed E-state index contributed by atoms with van der Waals surface area (Å²) in [5, 5.41) is 17.2. The zero-order chi connectivity index (χ0) is 19.4. The molecule has 2 aromatic rings. The summed E-state index contributed by atoms with van der Waals surface area (Å²) in [7, 11) is 1.37. The van der Waals surface area contributed by atoms with Gasteiger partial charge in [0.05, 0.1) is 23.8 Å². The Morgan fingerprint density at radius 2 is 2.04 bits per heavy atom. The Morgan fingerprint density at radius 3 is 2.58 bits per heavy atom. The molecule has 1 atom stereocenters. The molecule has 0 aliphatic carbocycles. The number of amides is 1. The van der Waals surface area contributed by atoms with Crippen molar-refractivity contribution in [1.29, 1.82) is 0 Å². The molecule has 1 amide bonds. The van der Waals surface area contributed by atoms with Crippen LogP contribution in [-0.4, -0.2) is 35.2 Å². The molecule has 0 aliphatic rings. The first-order valence-corrected chi connectivity index (χ1v) is 7.51. The molecule has 0 aliphatic heterocycles. The monoisotopic (exact) mass is 363 g/mol. The zero-order valence-corrected chi connectivity index (χ0v) is 14.6. The highest BCUT2D eigenvalue weighted by Crippen LogP contribution is 2.29. The number of hydrogen-bond acceptors (Lipinski definition) is 8. The minimum absolute atomic E-state index is 0.0407. The van der Waals surface area contributed by atoms with E-state index in [0.29, 0.717) is 5.69 Å². The molecule has 0 radical (unpaired) electrons. The number of ether oxygens (including phenoxy) is 2. The molecule has 0 spiro atoms. The zero-order valence-electron chi connectivity index (χ0n) is 14.6. The van der Waals surface area contributed by atoms with Gasteiger partial charge in [0.2, 0.25) is 0 Å². The van der Waals surface area contributed by atoms with E-state index in [0.717, 1.165) is 0 Å². The second-order valence-corrected chi connectivity index (χ2v) is 5.38. The molecule has 26 heavy (non-hydrogen) atoms. The van der Waals surface area contributed by atoms with Gasteiger partial charge < -0.3 is 19.3 Å². The maximum Gasteiger partial charge on any atom is 0.344 e. The predicted octanol–water partition coefficient (Wildman–Crippen LogP) is 2.39. The number of methoxy groups -OCH3 is 1. The third-order valence-electron chi connectivity index (χ3n) is 3.55. The molecule has 10 nitrogen and oxygen atoms in total. The van der Waals surface area contributed by atoms with Crippen LogP contribution in [-0.2, 0) is 9.53 Å². The van der Waals surface area contributed by atoms with Crippen LogP contribution in [0.3, 0.4) is 0 Å². The smallest absolute Gasteiger partial charge is 0.344 e. The van der Waals surface area contributed by atoms with Crippen molar-refractivity contribution in [2.75, 3.05) is 12.4 Å². The maximum absolute atomic E-state index is 12.2. The molecule has 1 aromatic carbocycles. The average Bonchev–Trinajstić information content (AvgIpc) is 2.93. The number of anilines is 1. The lowest BCUT2D eigenvalue weighted by Gasteiger charge is -2.13. The minimum Gasteiger partial charge on any atom is -0.496 e. The number of benzene rings is 1. The third-order valence-corrected chi connectivity index (χ3v) is 3.55. The van der Waals surface area contributed by atoms with Crippen molar-refractivity contribution >= 4 is 23.3 Å². The molecule has 1 heterocycles. The number of aromatic nitrogens is 1. The number of carbonyl (C=O) groups excluding carboxylic acids is 2. The van der Waals surface area contributed by atoms with Gasteiger partial charge in [-0.25, -0.2) is 4.79 Å². The molecule has 0 saturated carbocycles. The largest absolute Gasteiger partial charge is 0.496 e. The van der Waals surface area contributed by atoms with Crippen molar-refractivity contribution in [1.82, 2.24) is 5.16 Å². The van der Waals surface area contributed by atoms with E-state index in [-0.39, 0.29) is 28.4 Å². The fourth-order valence-electron chi connectivity index (χ4n) is 2.18. The Hall–Kier alpha value is -3.43. The SMILES string of the molecule is COc1ccc(NC(=O)[C@H](C)OC(=O)c2c(C)noc2C)c([N+](=O)[O-])c1. The summed E-state index contributed by atoms with van der Waals surface area (Å²) in [5.74, 6) is -0.954. The molecular formula is C16H17N3O7. The van der Waals surface area contributed by atoms with Crippen LogP contribution in [0.2, 0.25) is 0 Å². The first-order valence-electron chi connectivity index (χ1n) is 7.51. The van der Waals surface area contributed by atoms with Crippen molar-refractivity contribution in [2.24, 2.45) is 0 Å². The number of hydrogen-bond donors (Lipinski definition) is 1. The Labute approximate surface area is 148 Å². The molecule has 1 N–H and O–H groups in total. The number of carbonyl (C=O) groups is 2. The molecule has 138 valence electrons. The lowest BCUT2D eigenvalue weighted by Crippen LogP contribution is -2.30. The number of rotatable bonds is 6. The molecule has 10 heteroatoms. The van der Waals surface area contributed by atoms with Crippen LogP contribution >= 0.6 is 0 Å². The highest BCUT2D eigenvalue weighted by Gasteiger charge is 2.26. The Balaban J connectivity index is 2.12. The second-order valence-electron chi connectivity index (χ2n) is 5.38. The van der Waals surface area contributed by atoms with Crippen LogP contribution in [0.5, 0.6) is 5.75 Å². The van der Waals surface area contributed by atoms with Crippen LogP contribution in [0.4, 0.5) is 11.4 Å². The normalized spacial score (nSPS) is 11.5. The van der Waals surface area contributed by atoms with Crippen LogP contribution in [0.1, 0.15) is 28.7 Å². The van der Waals surface area contributed by atoms with Gasteiger partial charge in [-0.15, -0.1) is 0 Å². The average molecular weight is 363 g/mol. The summed E-state index contributed by atoms with van der Waals surface area (Å²) in [6.07, 6.45) is -1.20. The lowest BCUT2D eigenvalue weighted by atomic mass is 10.2. The number of nitrogens with zero attached hydrogens (tertiary/aromatic N) is 2. The van der Waals surface area contributed by atoms with Gasteiger partial charge in [0.1, 0.15) is 22.8 Å². The lowest BCUT2D eigenvalue weighted by molar-refractivity contribution is -0.384. The number of nitro benzene ring substituents is 1. The summed E-state index contributed by atoms with van der Waals surface area (Å²) >= 11 is 0. The Kier molecular flexibility index (Phi) is 5.55. The van der Waals surface area contributed by atoms with Gasteiger partial charge in [-0.05, 0) is 32.9 Å². The summed E-state index contributed by atoms with van der Waals surface area (Å²) in [5.41, 5.74) is 0.0916. The molecule has 0 unspecified atom stereocenters. The first-order chi connectivity index (χ1) is 12.2. The van der Waals surface area contributed by atoms with E-state index in [1.165, 1.54) is 32.2 Å². The van der Waals surface area contributed by atoms with Crippen LogP contribution in [0.15, 0.2) is 22.7 Å². The van der Waals surface area contributed by atoms with Gasteiger partial charge in [-0.3, -0.25) is 14.9 Å². The van der Waals surface area contributed by atoms with E-state index >= 15 is 0 Å². The van der Waals surface area contributed by atoms with E-state index in [9.17, 15) is 19.7 Å². The standard InChI is InChI=1S/C16H17N3O7/c1-8-14(9(2)26-18-8)16(21)25-10(3)15(20)17-12-6-5-11(24-4)7-13(12)19(22)23/h5-7,10H,1-4H3,(H,17,20)/t10-/m0/s1. The molecular weight excluding hydrogens is 346 g/mol. The highest BCUT2D eigenvalue weighted by atomic mass is 16.6. The fourth-order valence-corrected chi connectivity index (χ4v) is 2.18. The topological polar surface area (TPSA) is 134 Å². The van der Waals surface area contributed by atoms with E-state index in [1.54, 1.807) is 13.8 Å². The van der Waals surface area contributed by atoms with Gasteiger partial charge in [-0.2, -0.15) is 0 Å². The van der Waals surface area contributed by atoms with E-state index in [2.05, 4.69) is 10.5 Å². The molecule has 2 rings (SSSR count). The quantitative estimate of drug-likeness (QED) is 0.470. The van der Waals surface area contributed by atoms with Crippen LogP contribution in [0, 0.1) is 24.0 Å². The van der Waals surface area contributed by atoms with Gasteiger partial charge in [0.25, 0.3) is 11.6 Å². The van der Waals surface area contributed by atoms with Crippen LogP contribution in [0.25, 0.3) is 0 Å². The van der Waals surface area contributed by atoms with E-state index in [4.69, 9.17) is 14.0 Å². The molecule has 0 bridgehead atoms. The summed E-state index contributed by atoms with van der Waals surface area (Å²) in [4.78, 5) is 34.9. The molecule has 0 fully saturated rings. The van der Waals surface area contributed by atoms with Gasteiger partial charge >= 0.3 is 5.97 Å². The number of aryl methyl sites for hydroxylation is 2. The van der Waals surface area contributed by atoms with Gasteiger partial charge in [-0.1, -0.05) is 5.16 Å². The van der Waals surface area contributed by atoms with E-state index < -0.39 is 22.9 Å². The number of nitrogens with one attached hydrogen (secondary N) is 1. The van der Waals surface area contributed by atoms with E-state index in [1.807, 2.05) is 0 Å². The van der Waals surface area contributed by atoms with Crippen molar-refractivity contribution in [3.63, 3.8) is 0 Å². The third kappa shape index (κ3) is 3.97. The van der Waals surface area contributed by atoms with Crippen LogP contribution < -0.4 is 10.1 Å². The summed E-state index contributed by atoms with van der Waals surface area (Å²) in [6.45, 7) is 4.46. The molecule has 0 saturated heterocycles. The first kappa shape index (κ1) is 18.9. The summed E-state index contributed by atoms with van der Waals surface area (Å²) < 4.78 is 14.9. The molecule has 1 aromatic heterocycles. The minimum atomic E-state index is -1.20. The predicted molar refractivity (Wildman–Crippen MR) is 89.1 cm³/mol. The Bertz CT molecular complexity index is 840. The fraction of sp³-hybridized carbons (Fsp3) is 0.312. The summed E-state index contributed by atoms with van der Waals surface area (Å²) in [6, 6.07) is 3.97.